The molecule has 1 unspecified atom stereocenters. The number of rotatable bonds is 5. The first kappa shape index (κ1) is 17.7. The molecule has 1 N–H and O–H groups in total. The van der Waals surface area contributed by atoms with Crippen molar-refractivity contribution in [3.05, 3.63) is 50.8 Å². The summed E-state index contributed by atoms with van der Waals surface area (Å²) in [6.45, 7) is 9.26. The molecule has 7 nitrogen and oxygen atoms in total. The maximum absolute atomic E-state index is 12.4. The lowest BCUT2D eigenvalue weighted by molar-refractivity contribution is -0.386. The Morgan fingerprint density at radius 3 is 2.58 bits per heavy atom. The summed E-state index contributed by atoms with van der Waals surface area (Å²) in [5.74, 6) is -0.513. The highest BCUT2D eigenvalue weighted by molar-refractivity contribution is 5.93. The van der Waals surface area contributed by atoms with Gasteiger partial charge in [-0.1, -0.05) is 19.1 Å². The Labute approximate surface area is 140 Å². The van der Waals surface area contributed by atoms with Gasteiger partial charge >= 0.3 is 5.69 Å². The first-order valence-electron chi connectivity index (χ1n) is 7.77. The number of nitrogens with zero attached hydrogens (tertiary/aromatic N) is 3. The van der Waals surface area contributed by atoms with Crippen molar-refractivity contribution in [1.29, 1.82) is 0 Å². The maximum atomic E-state index is 12.4. The van der Waals surface area contributed by atoms with Crippen LogP contribution >= 0.6 is 0 Å². The second-order valence-electron chi connectivity index (χ2n) is 6.10. The van der Waals surface area contributed by atoms with Crippen molar-refractivity contribution in [2.24, 2.45) is 5.92 Å². The highest BCUT2D eigenvalue weighted by Gasteiger charge is 2.24. The summed E-state index contributed by atoms with van der Waals surface area (Å²) in [6.07, 6.45) is 0. The van der Waals surface area contributed by atoms with Gasteiger partial charge in [-0.25, -0.2) is 0 Å². The predicted octanol–water partition coefficient (Wildman–Crippen LogP) is 3.30. The second-order valence-corrected chi connectivity index (χ2v) is 6.10. The maximum Gasteiger partial charge on any atom is 0.312 e. The number of anilines is 1. The Kier molecular flexibility index (Phi) is 5.02. The van der Waals surface area contributed by atoms with Gasteiger partial charge in [0.2, 0.25) is 5.91 Å². The van der Waals surface area contributed by atoms with E-state index in [2.05, 4.69) is 10.4 Å². The molecule has 128 valence electrons. The van der Waals surface area contributed by atoms with Crippen LogP contribution in [0.5, 0.6) is 0 Å². The monoisotopic (exact) mass is 330 g/mol. The van der Waals surface area contributed by atoms with Crippen LogP contribution in [-0.2, 0) is 11.3 Å². The summed E-state index contributed by atoms with van der Waals surface area (Å²) >= 11 is 0. The van der Waals surface area contributed by atoms with Gasteiger partial charge in [0.15, 0.2) is 0 Å². The van der Waals surface area contributed by atoms with Gasteiger partial charge in [-0.2, -0.15) is 5.10 Å². The van der Waals surface area contributed by atoms with Gasteiger partial charge in [0.25, 0.3) is 0 Å². The summed E-state index contributed by atoms with van der Waals surface area (Å²) in [5, 5.41) is 18.2. The first-order valence-corrected chi connectivity index (χ1v) is 7.77. The smallest absolute Gasteiger partial charge is 0.312 e. The van der Waals surface area contributed by atoms with E-state index in [0.29, 0.717) is 11.4 Å². The number of aryl methyl sites for hydroxylation is 2. The molecule has 2 rings (SSSR count). The fourth-order valence-corrected chi connectivity index (χ4v) is 2.61. The molecule has 0 aliphatic carbocycles. The Bertz CT molecular complexity index is 795. The van der Waals surface area contributed by atoms with E-state index in [1.54, 1.807) is 20.8 Å². The third kappa shape index (κ3) is 3.45. The molecule has 0 bridgehead atoms. The molecule has 1 aromatic carbocycles. The Morgan fingerprint density at radius 1 is 1.33 bits per heavy atom. The molecule has 0 radical (unpaired) electrons. The van der Waals surface area contributed by atoms with E-state index in [9.17, 15) is 14.9 Å². The molecule has 2 aromatic rings. The molecule has 1 aromatic heterocycles. The minimum atomic E-state index is -0.436. The molecule has 24 heavy (non-hydrogen) atoms. The Morgan fingerprint density at radius 2 is 2.00 bits per heavy atom. The van der Waals surface area contributed by atoms with E-state index in [0.717, 1.165) is 16.8 Å². The first-order chi connectivity index (χ1) is 11.2. The van der Waals surface area contributed by atoms with E-state index < -0.39 is 4.92 Å². The summed E-state index contributed by atoms with van der Waals surface area (Å²) in [5.41, 5.74) is 3.75. The van der Waals surface area contributed by atoms with Gasteiger partial charge in [0.1, 0.15) is 11.4 Å². The highest BCUT2D eigenvalue weighted by Crippen LogP contribution is 2.23. The number of carbonyl (C=O) groups excluding carboxylic acids is 1. The van der Waals surface area contributed by atoms with Gasteiger partial charge in [0.05, 0.1) is 17.4 Å². The molecule has 0 aliphatic rings. The van der Waals surface area contributed by atoms with Crippen molar-refractivity contribution >= 4 is 17.3 Å². The van der Waals surface area contributed by atoms with Crippen LogP contribution in [-0.4, -0.2) is 20.6 Å². The fourth-order valence-electron chi connectivity index (χ4n) is 2.61. The number of nitro groups is 1. The number of amides is 1. The Balaban J connectivity index is 2.14. The molecule has 0 saturated carbocycles. The Hall–Kier alpha value is -2.70. The van der Waals surface area contributed by atoms with Gasteiger partial charge < -0.3 is 5.32 Å². The van der Waals surface area contributed by atoms with Crippen molar-refractivity contribution < 1.29 is 9.72 Å². The topological polar surface area (TPSA) is 90.1 Å². The lowest BCUT2D eigenvalue weighted by atomic mass is 10.1. The largest absolute Gasteiger partial charge is 0.326 e. The summed E-state index contributed by atoms with van der Waals surface area (Å²) < 4.78 is 1.53. The number of hydrogen-bond donors (Lipinski definition) is 1. The summed E-state index contributed by atoms with van der Waals surface area (Å²) in [7, 11) is 0. The van der Waals surface area contributed by atoms with Crippen LogP contribution in [0.25, 0.3) is 0 Å². The SMILES string of the molecule is Cc1cccc(NC(=O)C(C)Cn2nc(C)c([N+](=O)[O-])c2C)c1C. The molecular formula is C17H22N4O3. The molecule has 1 heterocycles. The van der Waals surface area contributed by atoms with Crippen LogP contribution in [0.3, 0.4) is 0 Å². The normalized spacial score (nSPS) is 12.0. The lowest BCUT2D eigenvalue weighted by Gasteiger charge is -2.15. The van der Waals surface area contributed by atoms with E-state index in [1.807, 2.05) is 32.0 Å². The van der Waals surface area contributed by atoms with Crippen LogP contribution in [0.15, 0.2) is 18.2 Å². The van der Waals surface area contributed by atoms with Crippen molar-refractivity contribution in [2.45, 2.75) is 41.2 Å². The molecule has 0 saturated heterocycles. The molecule has 7 heteroatoms. The number of benzene rings is 1. The van der Waals surface area contributed by atoms with Crippen molar-refractivity contribution in [3.8, 4) is 0 Å². The number of hydrogen-bond acceptors (Lipinski definition) is 4. The summed E-state index contributed by atoms with van der Waals surface area (Å²) in [4.78, 5) is 23.1. The predicted molar refractivity (Wildman–Crippen MR) is 92.1 cm³/mol. The molecule has 1 atom stereocenters. The highest BCUT2D eigenvalue weighted by atomic mass is 16.6. The molecule has 1 amide bonds. The second kappa shape index (κ2) is 6.82. The minimum absolute atomic E-state index is 0.0112. The molecule has 0 aliphatic heterocycles. The van der Waals surface area contributed by atoms with E-state index >= 15 is 0 Å². The fraction of sp³-hybridized carbons (Fsp3) is 0.412. The van der Waals surface area contributed by atoms with Crippen molar-refractivity contribution in [1.82, 2.24) is 9.78 Å². The zero-order chi connectivity index (χ0) is 18.0. The quantitative estimate of drug-likeness (QED) is 0.673. The molecular weight excluding hydrogens is 308 g/mol. The third-order valence-electron chi connectivity index (χ3n) is 4.28. The standard InChI is InChI=1S/C17H22N4O3/c1-10-7-6-8-15(12(10)3)18-17(22)11(2)9-20-14(5)16(21(23)24)13(4)19-20/h6-8,11H,9H2,1-5H3,(H,18,22). The van der Waals surface area contributed by atoms with Gasteiger partial charge in [-0.05, 0) is 44.9 Å². The van der Waals surface area contributed by atoms with E-state index in [-0.39, 0.29) is 24.1 Å². The zero-order valence-electron chi connectivity index (χ0n) is 14.6. The van der Waals surface area contributed by atoms with Gasteiger partial charge in [0, 0.05) is 5.69 Å². The van der Waals surface area contributed by atoms with E-state index in [1.165, 1.54) is 4.68 Å². The molecule has 0 spiro atoms. The number of aromatic nitrogens is 2. The van der Waals surface area contributed by atoms with Crippen molar-refractivity contribution in [2.75, 3.05) is 5.32 Å². The number of nitrogens with one attached hydrogen (secondary N) is 1. The van der Waals surface area contributed by atoms with Crippen LogP contribution in [0.2, 0.25) is 0 Å². The van der Waals surface area contributed by atoms with Crippen LogP contribution in [0.4, 0.5) is 11.4 Å². The van der Waals surface area contributed by atoms with Crippen LogP contribution in [0.1, 0.15) is 29.4 Å². The average molecular weight is 330 g/mol. The average Bonchev–Trinajstić information content (AvgIpc) is 2.78. The third-order valence-corrected chi connectivity index (χ3v) is 4.28. The van der Waals surface area contributed by atoms with Crippen LogP contribution in [0, 0.1) is 43.7 Å². The minimum Gasteiger partial charge on any atom is -0.326 e. The van der Waals surface area contributed by atoms with Crippen LogP contribution < -0.4 is 5.32 Å². The van der Waals surface area contributed by atoms with E-state index in [4.69, 9.17) is 0 Å². The molecule has 0 fully saturated rings. The van der Waals surface area contributed by atoms with Gasteiger partial charge in [-0.15, -0.1) is 0 Å². The van der Waals surface area contributed by atoms with Gasteiger partial charge in [-0.3, -0.25) is 19.6 Å². The number of carbonyl (C=O) groups is 1. The zero-order valence-corrected chi connectivity index (χ0v) is 14.6. The summed E-state index contributed by atoms with van der Waals surface area (Å²) in [6, 6.07) is 5.75. The lowest BCUT2D eigenvalue weighted by Crippen LogP contribution is -2.25. The van der Waals surface area contributed by atoms with Crippen molar-refractivity contribution in [3.63, 3.8) is 0 Å².